The van der Waals surface area contributed by atoms with Gasteiger partial charge in [0.25, 0.3) is 0 Å². The number of hydrogen-bond donors (Lipinski definition) is 0. The second kappa shape index (κ2) is 12.8. The van der Waals surface area contributed by atoms with Crippen molar-refractivity contribution in [3.63, 3.8) is 0 Å². The summed E-state index contributed by atoms with van der Waals surface area (Å²) in [6.45, 7) is 0. The summed E-state index contributed by atoms with van der Waals surface area (Å²) >= 11 is 0. The maximum atomic E-state index is 13.6. The number of methoxy groups -OCH3 is 1. The fourth-order valence-electron chi connectivity index (χ4n) is 5.87. The third kappa shape index (κ3) is 5.48. The van der Waals surface area contributed by atoms with Crippen LogP contribution >= 0.6 is 0 Å². The number of halogens is 1. The number of allylic oxidation sites excluding steroid dienone is 1. The number of aromatic nitrogens is 2. The van der Waals surface area contributed by atoms with Gasteiger partial charge in [0.2, 0.25) is 0 Å². The average Bonchev–Trinajstić information content (AvgIpc) is 3.55. The SMILES string of the molecule is COC(=O)c1ccc(/C=C/Cc2nccn2C(c2ccccc2)(c2ccccc2)c2ccccc2)cc1-c1ccc(F)cc1. The molecule has 0 fully saturated rings. The van der Waals surface area contributed by atoms with Crippen molar-refractivity contribution < 1.29 is 13.9 Å². The van der Waals surface area contributed by atoms with Crippen LogP contribution in [0.5, 0.6) is 0 Å². The number of rotatable bonds is 9. The van der Waals surface area contributed by atoms with Crippen molar-refractivity contribution in [2.75, 3.05) is 7.11 Å². The third-order valence-corrected chi connectivity index (χ3v) is 7.87. The molecule has 0 bridgehead atoms. The first-order valence-corrected chi connectivity index (χ1v) is 14.5. The molecule has 0 aliphatic heterocycles. The van der Waals surface area contributed by atoms with Crippen LogP contribution < -0.4 is 0 Å². The largest absolute Gasteiger partial charge is 0.465 e. The summed E-state index contributed by atoms with van der Waals surface area (Å²) in [5, 5.41) is 0. The van der Waals surface area contributed by atoms with Crippen molar-refractivity contribution in [2.24, 2.45) is 0 Å². The second-order valence-electron chi connectivity index (χ2n) is 10.4. The van der Waals surface area contributed by atoms with Gasteiger partial charge in [-0.25, -0.2) is 14.2 Å². The lowest BCUT2D eigenvalue weighted by Gasteiger charge is -2.38. The van der Waals surface area contributed by atoms with Crippen molar-refractivity contribution in [3.05, 3.63) is 191 Å². The molecule has 0 radical (unpaired) electrons. The van der Waals surface area contributed by atoms with Gasteiger partial charge < -0.3 is 9.30 Å². The molecule has 0 saturated carbocycles. The Morgan fingerprint density at radius 3 is 1.91 bits per heavy atom. The molecule has 44 heavy (non-hydrogen) atoms. The monoisotopic (exact) mass is 578 g/mol. The predicted octanol–water partition coefficient (Wildman–Crippen LogP) is 8.57. The molecule has 0 aliphatic carbocycles. The standard InChI is InChI=1S/C39H31FN2O2/c1-44-38(43)35-25-20-29(28-36(35)30-21-23-34(40)24-22-30)12-11-19-37-41-26-27-42(37)39(31-13-5-2-6-14-31,32-15-7-3-8-16-32)33-17-9-4-10-18-33/h2-18,20-28H,19H2,1H3/b12-11+. The second-order valence-corrected chi connectivity index (χ2v) is 10.4. The van der Waals surface area contributed by atoms with E-state index in [1.165, 1.54) is 19.2 Å². The van der Waals surface area contributed by atoms with Crippen molar-refractivity contribution >= 4 is 12.0 Å². The fraction of sp³-hybridized carbons (Fsp3) is 0.0769. The van der Waals surface area contributed by atoms with Crippen molar-refractivity contribution in [3.8, 4) is 11.1 Å². The average molecular weight is 579 g/mol. The van der Waals surface area contributed by atoms with E-state index >= 15 is 0 Å². The highest BCUT2D eigenvalue weighted by molar-refractivity contribution is 5.97. The minimum Gasteiger partial charge on any atom is -0.465 e. The molecule has 0 unspecified atom stereocenters. The molecule has 5 aromatic carbocycles. The van der Waals surface area contributed by atoms with Crippen LogP contribution in [0.25, 0.3) is 17.2 Å². The Morgan fingerprint density at radius 1 is 0.795 bits per heavy atom. The Hall–Kier alpha value is -5.55. The molecule has 216 valence electrons. The lowest BCUT2D eigenvalue weighted by atomic mass is 9.76. The van der Waals surface area contributed by atoms with Crippen LogP contribution in [-0.2, 0) is 16.7 Å². The zero-order valence-corrected chi connectivity index (χ0v) is 24.3. The van der Waals surface area contributed by atoms with Gasteiger partial charge in [-0.15, -0.1) is 0 Å². The number of nitrogens with zero attached hydrogens (tertiary/aromatic N) is 2. The number of carbonyl (C=O) groups is 1. The van der Waals surface area contributed by atoms with E-state index in [9.17, 15) is 9.18 Å². The van der Waals surface area contributed by atoms with Crippen LogP contribution in [0.3, 0.4) is 0 Å². The van der Waals surface area contributed by atoms with Gasteiger partial charge >= 0.3 is 5.97 Å². The zero-order chi connectivity index (χ0) is 30.4. The Balaban J connectivity index is 1.42. The lowest BCUT2D eigenvalue weighted by Crippen LogP contribution is -2.38. The summed E-state index contributed by atoms with van der Waals surface area (Å²) in [5.41, 5.74) is 5.46. The molecule has 0 saturated heterocycles. The van der Waals surface area contributed by atoms with Crippen molar-refractivity contribution in [1.82, 2.24) is 9.55 Å². The van der Waals surface area contributed by atoms with Crippen LogP contribution in [0.4, 0.5) is 4.39 Å². The zero-order valence-electron chi connectivity index (χ0n) is 24.3. The molecule has 6 rings (SSSR count). The van der Waals surface area contributed by atoms with Crippen LogP contribution in [0.2, 0.25) is 0 Å². The Bertz CT molecular complexity index is 1780. The van der Waals surface area contributed by atoms with Gasteiger partial charge in [0.1, 0.15) is 17.2 Å². The van der Waals surface area contributed by atoms with Crippen LogP contribution in [0, 0.1) is 5.82 Å². The molecule has 0 amide bonds. The van der Waals surface area contributed by atoms with E-state index in [0.29, 0.717) is 17.5 Å². The van der Waals surface area contributed by atoms with E-state index < -0.39 is 11.5 Å². The normalized spacial score (nSPS) is 11.5. The first kappa shape index (κ1) is 28.6. The highest BCUT2D eigenvalue weighted by atomic mass is 19.1. The van der Waals surface area contributed by atoms with Gasteiger partial charge in [-0.2, -0.15) is 0 Å². The molecule has 1 aromatic heterocycles. The molecule has 5 heteroatoms. The van der Waals surface area contributed by atoms with E-state index in [1.54, 1.807) is 18.2 Å². The molecule has 1 heterocycles. The van der Waals surface area contributed by atoms with Gasteiger partial charge in [0.05, 0.1) is 12.7 Å². The molecular formula is C39H31FN2O2. The topological polar surface area (TPSA) is 44.1 Å². The number of benzene rings is 5. The van der Waals surface area contributed by atoms with E-state index in [-0.39, 0.29) is 5.82 Å². The summed E-state index contributed by atoms with van der Waals surface area (Å²) < 4.78 is 20.9. The number of ether oxygens (including phenoxy) is 1. The van der Waals surface area contributed by atoms with Crippen molar-refractivity contribution in [2.45, 2.75) is 12.0 Å². The Morgan fingerprint density at radius 2 is 1.36 bits per heavy atom. The minimum atomic E-state index is -0.651. The molecule has 0 atom stereocenters. The van der Waals surface area contributed by atoms with E-state index in [0.717, 1.165) is 33.6 Å². The van der Waals surface area contributed by atoms with Gasteiger partial charge in [-0.05, 0) is 57.6 Å². The van der Waals surface area contributed by atoms with Gasteiger partial charge in [0, 0.05) is 18.8 Å². The summed E-state index contributed by atoms with van der Waals surface area (Å²) in [7, 11) is 1.35. The molecule has 0 aliphatic rings. The Labute approximate surface area is 256 Å². The van der Waals surface area contributed by atoms with Gasteiger partial charge in [-0.1, -0.05) is 121 Å². The van der Waals surface area contributed by atoms with Gasteiger partial charge in [0.15, 0.2) is 0 Å². The molecular weight excluding hydrogens is 547 g/mol. The van der Waals surface area contributed by atoms with E-state index in [1.807, 2.05) is 48.8 Å². The predicted molar refractivity (Wildman–Crippen MR) is 173 cm³/mol. The minimum absolute atomic E-state index is 0.336. The fourth-order valence-corrected chi connectivity index (χ4v) is 5.87. The summed E-state index contributed by atoms with van der Waals surface area (Å²) in [4.78, 5) is 17.3. The Kier molecular flexibility index (Phi) is 8.28. The highest BCUT2D eigenvalue weighted by Crippen LogP contribution is 2.41. The summed E-state index contributed by atoms with van der Waals surface area (Å²) in [6.07, 6.45) is 8.55. The maximum absolute atomic E-state index is 13.6. The highest BCUT2D eigenvalue weighted by Gasteiger charge is 2.39. The van der Waals surface area contributed by atoms with Crippen LogP contribution in [0.1, 0.15) is 38.4 Å². The number of esters is 1. The number of carbonyl (C=O) groups excluding carboxylic acids is 1. The number of hydrogen-bond acceptors (Lipinski definition) is 3. The van der Waals surface area contributed by atoms with Crippen LogP contribution in [-0.4, -0.2) is 22.6 Å². The summed E-state index contributed by atoms with van der Waals surface area (Å²) in [6, 6.07) is 43.2. The quantitative estimate of drug-likeness (QED) is 0.128. The van der Waals surface area contributed by atoms with Crippen molar-refractivity contribution in [1.29, 1.82) is 0 Å². The third-order valence-electron chi connectivity index (χ3n) is 7.87. The molecule has 0 spiro atoms. The molecule has 4 nitrogen and oxygen atoms in total. The first-order chi connectivity index (χ1) is 21.6. The smallest absolute Gasteiger partial charge is 0.338 e. The van der Waals surface area contributed by atoms with Gasteiger partial charge in [-0.3, -0.25) is 0 Å². The molecule has 6 aromatic rings. The maximum Gasteiger partial charge on any atom is 0.338 e. The van der Waals surface area contributed by atoms with E-state index in [4.69, 9.17) is 9.72 Å². The molecule has 0 N–H and O–H groups in total. The summed E-state index contributed by atoms with van der Waals surface area (Å²) in [5.74, 6) is 0.112. The number of imidazole rings is 1. The van der Waals surface area contributed by atoms with E-state index in [2.05, 4.69) is 83.4 Å². The first-order valence-electron chi connectivity index (χ1n) is 14.5. The van der Waals surface area contributed by atoms with Crippen LogP contribution in [0.15, 0.2) is 152 Å². The lowest BCUT2D eigenvalue weighted by molar-refractivity contribution is 0.0601.